The van der Waals surface area contributed by atoms with E-state index in [4.69, 9.17) is 26.1 Å². The molecule has 8 heteroatoms. The molecule has 2 unspecified atom stereocenters. The number of methoxy groups -OCH3 is 2. The van der Waals surface area contributed by atoms with Crippen LogP contribution in [0.1, 0.15) is 43.5 Å². The van der Waals surface area contributed by atoms with Crippen LogP contribution >= 0.6 is 23.4 Å². The number of aromatic nitrogens is 1. The summed E-state index contributed by atoms with van der Waals surface area (Å²) in [6.45, 7) is 4.15. The lowest BCUT2D eigenvalue weighted by Gasteiger charge is -2.22. The Hall–Kier alpha value is -2.43. The third-order valence-corrected chi connectivity index (χ3v) is 7.03. The summed E-state index contributed by atoms with van der Waals surface area (Å²) in [5.74, 6) is 1.31. The highest BCUT2D eigenvalue weighted by Gasteiger charge is 2.25. The first kappa shape index (κ1) is 23.2. The van der Waals surface area contributed by atoms with Crippen molar-refractivity contribution in [2.45, 2.75) is 49.8 Å². The zero-order valence-corrected chi connectivity index (χ0v) is 19.7. The number of pyridine rings is 1. The predicted molar refractivity (Wildman–Crippen MR) is 123 cm³/mol. The summed E-state index contributed by atoms with van der Waals surface area (Å²) in [5, 5.41) is 13.1. The van der Waals surface area contributed by atoms with E-state index in [2.05, 4.69) is 18.3 Å². The lowest BCUT2D eigenvalue weighted by Crippen LogP contribution is -2.25. The first-order chi connectivity index (χ1) is 14.9. The summed E-state index contributed by atoms with van der Waals surface area (Å²) < 4.78 is 10.6. The quantitative estimate of drug-likeness (QED) is 0.568. The number of nitrogens with one attached hydrogen (secondary N) is 1. The fourth-order valence-electron chi connectivity index (χ4n) is 3.63. The maximum absolute atomic E-state index is 13.0. The second-order valence-electron chi connectivity index (χ2n) is 7.60. The maximum Gasteiger partial charge on any atom is 0.238 e. The van der Waals surface area contributed by atoms with E-state index in [1.165, 1.54) is 26.0 Å². The molecule has 3 rings (SSSR count). The van der Waals surface area contributed by atoms with Crippen LogP contribution in [0, 0.1) is 17.2 Å². The van der Waals surface area contributed by atoms with Crippen molar-refractivity contribution >= 4 is 35.0 Å². The van der Waals surface area contributed by atoms with E-state index in [1.54, 1.807) is 12.1 Å². The second-order valence-corrected chi connectivity index (χ2v) is 9.20. The number of nitrogens with zero attached hydrogens (tertiary/aromatic N) is 2. The zero-order valence-electron chi connectivity index (χ0n) is 18.1. The lowest BCUT2D eigenvalue weighted by molar-refractivity contribution is -0.115. The van der Waals surface area contributed by atoms with E-state index in [-0.39, 0.29) is 5.91 Å². The third-order valence-electron chi connectivity index (χ3n) is 5.37. The number of ether oxygens (including phenoxy) is 2. The minimum atomic E-state index is -0.425. The highest BCUT2D eigenvalue weighted by molar-refractivity contribution is 8.00. The van der Waals surface area contributed by atoms with Crippen LogP contribution in [0.25, 0.3) is 0 Å². The van der Waals surface area contributed by atoms with Gasteiger partial charge in [0.2, 0.25) is 5.91 Å². The van der Waals surface area contributed by atoms with Crippen LogP contribution in [0.5, 0.6) is 11.5 Å². The van der Waals surface area contributed by atoms with Gasteiger partial charge in [-0.15, -0.1) is 0 Å². The molecule has 1 aromatic carbocycles. The van der Waals surface area contributed by atoms with Gasteiger partial charge in [-0.25, -0.2) is 4.98 Å². The van der Waals surface area contributed by atoms with Gasteiger partial charge in [0.05, 0.1) is 35.7 Å². The molecule has 2 atom stereocenters. The van der Waals surface area contributed by atoms with E-state index >= 15 is 0 Å². The Morgan fingerprint density at radius 1 is 1.35 bits per heavy atom. The number of fused-ring (bicyclic) bond motifs is 1. The molecule has 31 heavy (non-hydrogen) atoms. The van der Waals surface area contributed by atoms with Gasteiger partial charge in [-0.1, -0.05) is 37.2 Å². The number of hydrogen-bond donors (Lipinski definition) is 1. The smallest absolute Gasteiger partial charge is 0.238 e. The van der Waals surface area contributed by atoms with Crippen LogP contribution < -0.4 is 14.8 Å². The highest BCUT2D eigenvalue weighted by Crippen LogP contribution is 2.37. The molecule has 1 aromatic heterocycles. The minimum absolute atomic E-state index is 0.205. The lowest BCUT2D eigenvalue weighted by atomic mass is 9.87. The molecule has 0 fully saturated rings. The molecule has 0 bridgehead atoms. The largest absolute Gasteiger partial charge is 0.495 e. The molecule has 1 aliphatic rings. The molecule has 0 radical (unpaired) electrons. The predicted octanol–water partition coefficient (Wildman–Crippen LogP) is 5.26. The van der Waals surface area contributed by atoms with Gasteiger partial charge >= 0.3 is 0 Å². The van der Waals surface area contributed by atoms with Crippen molar-refractivity contribution < 1.29 is 14.3 Å². The van der Waals surface area contributed by atoms with Crippen LogP contribution in [0.15, 0.2) is 23.2 Å². The van der Waals surface area contributed by atoms with Crippen LogP contribution in [-0.4, -0.2) is 30.4 Å². The van der Waals surface area contributed by atoms with Gasteiger partial charge in [-0.2, -0.15) is 5.26 Å². The summed E-state index contributed by atoms with van der Waals surface area (Å²) in [5.41, 5.74) is 3.17. The Morgan fingerprint density at radius 2 is 2.10 bits per heavy atom. The Kier molecular flexibility index (Phi) is 7.69. The number of hydrogen-bond acceptors (Lipinski definition) is 6. The Balaban J connectivity index is 1.83. The van der Waals surface area contributed by atoms with Crippen molar-refractivity contribution in [1.82, 2.24) is 4.98 Å². The maximum atomic E-state index is 13.0. The zero-order chi connectivity index (χ0) is 22.5. The number of halogens is 1. The van der Waals surface area contributed by atoms with Gasteiger partial charge < -0.3 is 14.8 Å². The molecular formula is C23H26ClN3O3S. The number of amides is 1. The van der Waals surface area contributed by atoms with Crippen LogP contribution in [0.4, 0.5) is 5.69 Å². The van der Waals surface area contributed by atoms with Crippen molar-refractivity contribution in [3.05, 3.63) is 40.0 Å². The van der Waals surface area contributed by atoms with Gasteiger partial charge in [0.1, 0.15) is 22.6 Å². The van der Waals surface area contributed by atoms with Gasteiger partial charge in [-0.05, 0) is 49.3 Å². The van der Waals surface area contributed by atoms with E-state index in [9.17, 15) is 10.1 Å². The number of benzene rings is 1. The molecule has 0 saturated carbocycles. The molecule has 1 amide bonds. The number of nitriles is 1. The molecule has 1 aliphatic carbocycles. The Bertz CT molecular complexity index is 1020. The summed E-state index contributed by atoms with van der Waals surface area (Å²) in [6.07, 6.45) is 3.51. The molecule has 0 spiro atoms. The SMILES string of the molecule is CCC(Sc1nc2c(cc1C#N)CC(C)CC2)C(=O)Nc1cc(Cl)c(OC)cc1OC. The minimum Gasteiger partial charge on any atom is -0.495 e. The Morgan fingerprint density at radius 3 is 2.74 bits per heavy atom. The van der Waals surface area contributed by atoms with Gasteiger partial charge in [0.25, 0.3) is 0 Å². The normalized spacial score (nSPS) is 16.1. The van der Waals surface area contributed by atoms with Crippen LogP contribution in [0.3, 0.4) is 0 Å². The van der Waals surface area contributed by atoms with E-state index in [0.29, 0.717) is 45.1 Å². The van der Waals surface area contributed by atoms with E-state index < -0.39 is 5.25 Å². The molecule has 2 aromatic rings. The highest BCUT2D eigenvalue weighted by atomic mass is 35.5. The molecular weight excluding hydrogens is 434 g/mol. The standard InChI is InChI=1S/C23H26ClN3O3S/c1-5-21(22(28)26-18-10-16(24)19(29-3)11-20(18)30-4)31-23-15(12-25)9-14-8-13(2)6-7-17(14)27-23/h9-11,13,21H,5-8H2,1-4H3,(H,26,28). The molecule has 1 heterocycles. The number of anilines is 1. The molecule has 164 valence electrons. The summed E-state index contributed by atoms with van der Waals surface area (Å²) in [7, 11) is 3.03. The number of carbonyl (C=O) groups excluding carboxylic acids is 1. The number of rotatable bonds is 7. The van der Waals surface area contributed by atoms with Crippen molar-refractivity contribution in [3.63, 3.8) is 0 Å². The number of aryl methyl sites for hydroxylation is 1. The fourth-order valence-corrected chi connectivity index (χ4v) is 4.86. The van der Waals surface area contributed by atoms with Crippen molar-refractivity contribution in [3.8, 4) is 17.6 Å². The van der Waals surface area contributed by atoms with Crippen molar-refractivity contribution in [2.24, 2.45) is 5.92 Å². The van der Waals surface area contributed by atoms with E-state index in [0.717, 1.165) is 30.5 Å². The summed E-state index contributed by atoms with van der Waals surface area (Å²) >= 11 is 7.54. The monoisotopic (exact) mass is 459 g/mol. The summed E-state index contributed by atoms with van der Waals surface area (Å²) in [4.78, 5) is 17.8. The van der Waals surface area contributed by atoms with Gasteiger partial charge in [0.15, 0.2) is 0 Å². The first-order valence-corrected chi connectivity index (χ1v) is 11.5. The summed E-state index contributed by atoms with van der Waals surface area (Å²) in [6, 6.07) is 7.43. The van der Waals surface area contributed by atoms with Crippen LogP contribution in [0.2, 0.25) is 5.02 Å². The van der Waals surface area contributed by atoms with Crippen LogP contribution in [-0.2, 0) is 17.6 Å². The number of carbonyl (C=O) groups is 1. The van der Waals surface area contributed by atoms with Gasteiger partial charge in [0, 0.05) is 11.8 Å². The first-order valence-electron chi connectivity index (χ1n) is 10.2. The second kappa shape index (κ2) is 10.3. The third kappa shape index (κ3) is 5.25. The average molecular weight is 460 g/mol. The van der Waals surface area contributed by atoms with E-state index in [1.807, 2.05) is 13.0 Å². The molecule has 1 N–H and O–H groups in total. The van der Waals surface area contributed by atoms with Crippen molar-refractivity contribution in [2.75, 3.05) is 19.5 Å². The molecule has 6 nitrogen and oxygen atoms in total. The fraction of sp³-hybridized carbons (Fsp3) is 0.435. The average Bonchev–Trinajstić information content (AvgIpc) is 2.76. The number of thioether (sulfide) groups is 1. The van der Waals surface area contributed by atoms with Crippen molar-refractivity contribution in [1.29, 1.82) is 5.26 Å². The topological polar surface area (TPSA) is 84.2 Å². The molecule has 0 saturated heterocycles. The molecule has 0 aliphatic heterocycles. The Labute approximate surface area is 192 Å². The van der Waals surface area contributed by atoms with Gasteiger partial charge in [-0.3, -0.25) is 4.79 Å².